The summed E-state index contributed by atoms with van der Waals surface area (Å²) in [6.45, 7) is 0. The number of carboxylic acids is 1. The fourth-order valence-electron chi connectivity index (χ4n) is 1.31. The molecule has 1 N–H and O–H groups in total. The van der Waals surface area contributed by atoms with Crippen LogP contribution in [0.2, 0.25) is 5.02 Å². The molecule has 0 aliphatic heterocycles. The molecule has 0 radical (unpaired) electrons. The monoisotopic (exact) mass is 280 g/mol. The quantitative estimate of drug-likeness (QED) is 0.873. The van der Waals surface area contributed by atoms with Gasteiger partial charge in [0, 0.05) is 4.90 Å². The highest BCUT2D eigenvalue weighted by Crippen LogP contribution is 2.24. The SMILES string of the molecule is O=C(O)Cc1ccc(Sc2ncc(Cl)cn2)cc1. The van der Waals surface area contributed by atoms with Crippen LogP contribution in [0, 0.1) is 0 Å². The highest BCUT2D eigenvalue weighted by molar-refractivity contribution is 7.99. The molecule has 92 valence electrons. The number of rotatable bonds is 4. The summed E-state index contributed by atoms with van der Waals surface area (Å²) in [5, 5.41) is 9.76. The predicted molar refractivity (Wildman–Crippen MR) is 68.9 cm³/mol. The largest absolute Gasteiger partial charge is 0.481 e. The average Bonchev–Trinajstić information content (AvgIpc) is 2.34. The number of nitrogens with zero attached hydrogens (tertiary/aromatic N) is 2. The third kappa shape index (κ3) is 3.72. The summed E-state index contributed by atoms with van der Waals surface area (Å²) in [5.74, 6) is -0.837. The number of carbonyl (C=O) groups is 1. The Morgan fingerprint density at radius 1 is 1.22 bits per heavy atom. The first kappa shape index (κ1) is 12.9. The van der Waals surface area contributed by atoms with Gasteiger partial charge in [0.25, 0.3) is 0 Å². The molecule has 0 saturated heterocycles. The summed E-state index contributed by atoms with van der Waals surface area (Å²) in [5.41, 5.74) is 0.767. The second-order valence-electron chi connectivity index (χ2n) is 3.50. The van der Waals surface area contributed by atoms with Crippen molar-refractivity contribution in [1.29, 1.82) is 0 Å². The van der Waals surface area contributed by atoms with E-state index in [9.17, 15) is 4.79 Å². The first-order valence-corrected chi connectivity index (χ1v) is 6.29. The second-order valence-corrected chi connectivity index (χ2v) is 4.98. The van der Waals surface area contributed by atoms with Crippen LogP contribution in [-0.4, -0.2) is 21.0 Å². The second kappa shape index (κ2) is 5.84. The number of aliphatic carboxylic acids is 1. The van der Waals surface area contributed by atoms with Crippen LogP contribution in [0.1, 0.15) is 5.56 Å². The number of benzene rings is 1. The minimum absolute atomic E-state index is 0.0302. The molecule has 2 aromatic rings. The highest BCUT2D eigenvalue weighted by Gasteiger charge is 2.03. The zero-order valence-corrected chi connectivity index (χ0v) is 10.8. The fraction of sp³-hybridized carbons (Fsp3) is 0.0833. The van der Waals surface area contributed by atoms with Gasteiger partial charge in [-0.3, -0.25) is 4.79 Å². The van der Waals surface area contributed by atoms with E-state index < -0.39 is 5.97 Å². The van der Waals surface area contributed by atoms with Crippen LogP contribution in [0.15, 0.2) is 46.7 Å². The van der Waals surface area contributed by atoms with Gasteiger partial charge >= 0.3 is 5.97 Å². The summed E-state index contributed by atoms with van der Waals surface area (Å²) in [6.07, 6.45) is 3.10. The van der Waals surface area contributed by atoms with Crippen molar-refractivity contribution in [2.24, 2.45) is 0 Å². The van der Waals surface area contributed by atoms with E-state index in [2.05, 4.69) is 9.97 Å². The van der Waals surface area contributed by atoms with Crippen LogP contribution in [0.4, 0.5) is 0 Å². The Morgan fingerprint density at radius 2 is 1.83 bits per heavy atom. The van der Waals surface area contributed by atoms with Gasteiger partial charge in [0.15, 0.2) is 5.16 Å². The molecule has 1 aromatic heterocycles. The van der Waals surface area contributed by atoms with Gasteiger partial charge in [-0.15, -0.1) is 0 Å². The van der Waals surface area contributed by atoms with Crippen molar-refractivity contribution in [2.75, 3.05) is 0 Å². The first-order chi connectivity index (χ1) is 8.63. The molecule has 0 aliphatic carbocycles. The Bertz CT molecular complexity index is 543. The van der Waals surface area contributed by atoms with Crippen molar-refractivity contribution < 1.29 is 9.90 Å². The van der Waals surface area contributed by atoms with Gasteiger partial charge in [-0.25, -0.2) is 9.97 Å². The van der Waals surface area contributed by atoms with Crippen molar-refractivity contribution in [2.45, 2.75) is 16.5 Å². The maximum atomic E-state index is 10.5. The third-order valence-corrected chi connectivity index (χ3v) is 3.18. The lowest BCUT2D eigenvalue weighted by Gasteiger charge is -2.01. The van der Waals surface area contributed by atoms with Crippen LogP contribution in [0.25, 0.3) is 0 Å². The number of aromatic nitrogens is 2. The molecule has 18 heavy (non-hydrogen) atoms. The molecule has 0 amide bonds. The number of halogens is 1. The summed E-state index contributed by atoms with van der Waals surface area (Å²) < 4.78 is 0. The number of hydrogen-bond acceptors (Lipinski definition) is 4. The standard InChI is InChI=1S/C12H9ClN2O2S/c13-9-6-14-12(15-7-9)18-10-3-1-8(2-4-10)5-11(16)17/h1-4,6-7H,5H2,(H,16,17). The van der Waals surface area contributed by atoms with Gasteiger partial charge in [-0.05, 0) is 29.5 Å². The van der Waals surface area contributed by atoms with E-state index in [0.29, 0.717) is 10.2 Å². The lowest BCUT2D eigenvalue weighted by molar-refractivity contribution is -0.136. The van der Waals surface area contributed by atoms with Gasteiger partial charge in [0.1, 0.15) is 0 Å². The Kier molecular flexibility index (Phi) is 4.17. The van der Waals surface area contributed by atoms with Crippen LogP contribution in [-0.2, 0) is 11.2 Å². The minimum Gasteiger partial charge on any atom is -0.481 e. The molecule has 1 heterocycles. The zero-order chi connectivity index (χ0) is 13.0. The Morgan fingerprint density at radius 3 is 2.39 bits per heavy atom. The lowest BCUT2D eigenvalue weighted by Crippen LogP contribution is -1.99. The van der Waals surface area contributed by atoms with E-state index in [0.717, 1.165) is 10.5 Å². The molecule has 6 heteroatoms. The lowest BCUT2D eigenvalue weighted by atomic mass is 10.2. The van der Waals surface area contributed by atoms with Crippen molar-refractivity contribution in [3.63, 3.8) is 0 Å². The normalized spacial score (nSPS) is 10.3. The maximum absolute atomic E-state index is 10.5. The molecule has 0 spiro atoms. The highest BCUT2D eigenvalue weighted by atomic mass is 35.5. The van der Waals surface area contributed by atoms with E-state index in [1.54, 1.807) is 12.1 Å². The molecule has 0 fully saturated rings. The Labute approximate surface area is 113 Å². The molecule has 1 aromatic carbocycles. The molecule has 0 aliphatic rings. The van der Waals surface area contributed by atoms with E-state index in [-0.39, 0.29) is 6.42 Å². The molecular formula is C12H9ClN2O2S. The molecule has 0 saturated carbocycles. The number of hydrogen-bond donors (Lipinski definition) is 1. The van der Waals surface area contributed by atoms with Gasteiger partial charge < -0.3 is 5.11 Å². The number of carboxylic acid groups (broad SMARTS) is 1. The van der Waals surface area contributed by atoms with Crippen LogP contribution in [0.5, 0.6) is 0 Å². The van der Waals surface area contributed by atoms with Gasteiger partial charge in [0.05, 0.1) is 23.8 Å². The van der Waals surface area contributed by atoms with Gasteiger partial charge in [-0.1, -0.05) is 23.7 Å². The van der Waals surface area contributed by atoms with Gasteiger partial charge in [0.2, 0.25) is 0 Å². The summed E-state index contributed by atoms with van der Waals surface area (Å²) in [7, 11) is 0. The van der Waals surface area contributed by atoms with Crippen molar-refractivity contribution in [3.8, 4) is 0 Å². The van der Waals surface area contributed by atoms with Crippen molar-refractivity contribution >= 4 is 29.3 Å². The van der Waals surface area contributed by atoms with E-state index in [1.165, 1.54) is 24.2 Å². The van der Waals surface area contributed by atoms with E-state index in [4.69, 9.17) is 16.7 Å². The molecule has 0 bridgehead atoms. The van der Waals surface area contributed by atoms with Crippen molar-refractivity contribution in [1.82, 2.24) is 9.97 Å². The molecule has 0 unspecified atom stereocenters. The molecule has 0 atom stereocenters. The van der Waals surface area contributed by atoms with E-state index >= 15 is 0 Å². The van der Waals surface area contributed by atoms with Gasteiger partial charge in [-0.2, -0.15) is 0 Å². The molecule has 4 nitrogen and oxygen atoms in total. The molecular weight excluding hydrogens is 272 g/mol. The molecule has 2 rings (SSSR count). The average molecular weight is 281 g/mol. The Balaban J connectivity index is 2.06. The van der Waals surface area contributed by atoms with Crippen LogP contribution in [0.3, 0.4) is 0 Å². The smallest absolute Gasteiger partial charge is 0.307 e. The van der Waals surface area contributed by atoms with E-state index in [1.807, 2.05) is 12.1 Å². The van der Waals surface area contributed by atoms with Crippen LogP contribution < -0.4 is 0 Å². The van der Waals surface area contributed by atoms with Crippen molar-refractivity contribution in [3.05, 3.63) is 47.2 Å². The third-order valence-electron chi connectivity index (χ3n) is 2.08. The Hall–Kier alpha value is -1.59. The summed E-state index contributed by atoms with van der Waals surface area (Å²) in [4.78, 5) is 19.6. The topological polar surface area (TPSA) is 63.1 Å². The van der Waals surface area contributed by atoms with Crippen LogP contribution >= 0.6 is 23.4 Å². The summed E-state index contributed by atoms with van der Waals surface area (Å²) in [6, 6.07) is 7.26. The zero-order valence-electron chi connectivity index (χ0n) is 9.21. The maximum Gasteiger partial charge on any atom is 0.307 e. The predicted octanol–water partition coefficient (Wildman–Crippen LogP) is 2.91. The summed E-state index contributed by atoms with van der Waals surface area (Å²) >= 11 is 7.09. The first-order valence-electron chi connectivity index (χ1n) is 5.09. The fourth-order valence-corrected chi connectivity index (χ4v) is 2.10. The minimum atomic E-state index is -0.837.